The van der Waals surface area contributed by atoms with Crippen LogP contribution in [0.1, 0.15) is 11.4 Å². The van der Waals surface area contributed by atoms with Crippen LogP contribution in [-0.4, -0.2) is 15.7 Å². The monoisotopic (exact) mass is 359 g/mol. The van der Waals surface area contributed by atoms with Crippen LogP contribution < -0.4 is 5.32 Å². The largest absolute Gasteiger partial charge is 0.324 e. The molecule has 4 nitrogen and oxygen atoms in total. The summed E-state index contributed by atoms with van der Waals surface area (Å²) in [5.41, 5.74) is 2.14. The molecule has 0 unspecified atom stereocenters. The Morgan fingerprint density at radius 2 is 2.20 bits per heavy atom. The fourth-order valence-electron chi connectivity index (χ4n) is 1.74. The molecule has 2 rings (SSSR count). The number of carbonyl (C=O) groups excluding carboxylic acids is 1. The molecule has 0 spiro atoms. The summed E-state index contributed by atoms with van der Waals surface area (Å²) in [6.07, 6.45) is 0. The zero-order valence-corrected chi connectivity index (χ0v) is 13.2. The highest BCUT2D eigenvalue weighted by atomic mass is 79.9. The van der Waals surface area contributed by atoms with Crippen LogP contribution in [0.4, 0.5) is 10.1 Å². The average Bonchev–Trinajstić information content (AvgIpc) is 2.61. The minimum Gasteiger partial charge on any atom is -0.324 e. The molecule has 0 aliphatic rings. The molecule has 20 heavy (non-hydrogen) atoms. The smallest absolute Gasteiger partial charge is 0.246 e. The van der Waals surface area contributed by atoms with E-state index in [-0.39, 0.29) is 17.5 Å². The standard InChI is InChI=1S/C13H12BrClFN3O/c1-7-13(14)8(2)19(18-7)6-12(20)17-9-3-4-11(16)10(15)5-9/h3-5H,6H2,1-2H3,(H,17,20). The van der Waals surface area contributed by atoms with Crippen molar-refractivity contribution in [2.75, 3.05) is 5.32 Å². The van der Waals surface area contributed by atoms with Crippen molar-refractivity contribution in [1.82, 2.24) is 9.78 Å². The van der Waals surface area contributed by atoms with Crippen LogP contribution in [0.2, 0.25) is 5.02 Å². The Hall–Kier alpha value is -1.40. The van der Waals surface area contributed by atoms with E-state index in [2.05, 4.69) is 26.3 Å². The van der Waals surface area contributed by atoms with Gasteiger partial charge in [-0.3, -0.25) is 9.48 Å². The summed E-state index contributed by atoms with van der Waals surface area (Å²) < 4.78 is 15.5. The van der Waals surface area contributed by atoms with Gasteiger partial charge in [0, 0.05) is 5.69 Å². The second-order valence-corrected chi connectivity index (χ2v) is 5.52. The number of nitrogens with zero attached hydrogens (tertiary/aromatic N) is 2. The minimum absolute atomic E-state index is 0.0309. The summed E-state index contributed by atoms with van der Waals surface area (Å²) in [7, 11) is 0. The second kappa shape index (κ2) is 5.93. The Labute approximate surface area is 129 Å². The Balaban J connectivity index is 2.09. The van der Waals surface area contributed by atoms with Crippen molar-refractivity contribution < 1.29 is 9.18 Å². The van der Waals surface area contributed by atoms with Gasteiger partial charge in [0.25, 0.3) is 0 Å². The summed E-state index contributed by atoms with van der Waals surface area (Å²) in [6, 6.07) is 4.03. The summed E-state index contributed by atoms with van der Waals surface area (Å²) in [6.45, 7) is 3.80. The molecule has 0 aliphatic heterocycles. The van der Waals surface area contributed by atoms with E-state index in [0.717, 1.165) is 15.9 Å². The third-order valence-electron chi connectivity index (χ3n) is 2.79. The quantitative estimate of drug-likeness (QED) is 0.907. The molecule has 7 heteroatoms. The number of amides is 1. The number of hydrogen-bond donors (Lipinski definition) is 1. The number of aromatic nitrogens is 2. The zero-order valence-electron chi connectivity index (χ0n) is 10.9. The molecule has 0 saturated carbocycles. The van der Waals surface area contributed by atoms with Gasteiger partial charge >= 0.3 is 0 Å². The van der Waals surface area contributed by atoms with E-state index in [0.29, 0.717) is 5.69 Å². The van der Waals surface area contributed by atoms with Gasteiger partial charge < -0.3 is 5.32 Å². The maximum Gasteiger partial charge on any atom is 0.246 e. The number of carbonyl (C=O) groups is 1. The third-order valence-corrected chi connectivity index (χ3v) is 4.23. The Bertz CT molecular complexity index is 672. The fourth-order valence-corrected chi connectivity index (χ4v) is 2.20. The van der Waals surface area contributed by atoms with Crippen molar-refractivity contribution in [1.29, 1.82) is 0 Å². The van der Waals surface area contributed by atoms with E-state index >= 15 is 0 Å². The van der Waals surface area contributed by atoms with E-state index in [1.807, 2.05) is 13.8 Å². The van der Waals surface area contributed by atoms with Crippen molar-refractivity contribution in [2.24, 2.45) is 0 Å². The van der Waals surface area contributed by atoms with Gasteiger partial charge in [-0.25, -0.2) is 4.39 Å². The predicted octanol–water partition coefficient (Wildman–Crippen LogP) is 3.69. The Morgan fingerprint density at radius 1 is 1.50 bits per heavy atom. The molecule has 1 aromatic carbocycles. The Morgan fingerprint density at radius 3 is 2.75 bits per heavy atom. The molecule has 0 aliphatic carbocycles. The summed E-state index contributed by atoms with van der Waals surface area (Å²) in [5.74, 6) is -0.780. The van der Waals surface area contributed by atoms with Gasteiger partial charge in [0.1, 0.15) is 12.4 Å². The normalized spacial score (nSPS) is 10.7. The molecule has 0 bridgehead atoms. The average molecular weight is 361 g/mol. The van der Waals surface area contributed by atoms with Gasteiger partial charge in [-0.15, -0.1) is 0 Å². The highest BCUT2D eigenvalue weighted by Crippen LogP contribution is 2.21. The number of aryl methyl sites for hydroxylation is 1. The van der Waals surface area contributed by atoms with Crippen molar-refractivity contribution in [3.63, 3.8) is 0 Å². The van der Waals surface area contributed by atoms with Gasteiger partial charge in [0.15, 0.2) is 0 Å². The number of hydrogen-bond acceptors (Lipinski definition) is 2. The van der Waals surface area contributed by atoms with E-state index in [1.165, 1.54) is 18.2 Å². The maximum absolute atomic E-state index is 13.0. The first-order valence-electron chi connectivity index (χ1n) is 5.83. The number of benzene rings is 1. The van der Waals surface area contributed by atoms with Crippen LogP contribution in [0.25, 0.3) is 0 Å². The molecule has 0 atom stereocenters. The molecule has 1 amide bonds. The van der Waals surface area contributed by atoms with Gasteiger partial charge in [-0.05, 0) is 48.0 Å². The summed E-state index contributed by atoms with van der Waals surface area (Å²) in [4.78, 5) is 11.9. The maximum atomic E-state index is 13.0. The van der Waals surface area contributed by atoms with Crippen LogP contribution in [0.3, 0.4) is 0 Å². The lowest BCUT2D eigenvalue weighted by Crippen LogP contribution is -2.20. The molecule has 0 fully saturated rings. The first kappa shape index (κ1) is 15.0. The fraction of sp³-hybridized carbons (Fsp3) is 0.231. The zero-order chi connectivity index (χ0) is 14.9. The lowest BCUT2D eigenvalue weighted by atomic mass is 10.3. The van der Waals surface area contributed by atoms with Gasteiger partial charge in [-0.2, -0.15) is 5.10 Å². The number of halogens is 3. The topological polar surface area (TPSA) is 46.9 Å². The molecule has 1 heterocycles. The molecule has 0 radical (unpaired) electrons. The van der Waals surface area contributed by atoms with Gasteiger partial charge in [0.05, 0.1) is 20.9 Å². The molecule has 0 saturated heterocycles. The van der Waals surface area contributed by atoms with Crippen LogP contribution in [-0.2, 0) is 11.3 Å². The van der Waals surface area contributed by atoms with Gasteiger partial charge in [0.2, 0.25) is 5.91 Å². The van der Waals surface area contributed by atoms with E-state index in [1.54, 1.807) is 4.68 Å². The van der Waals surface area contributed by atoms with E-state index in [9.17, 15) is 9.18 Å². The lowest BCUT2D eigenvalue weighted by Gasteiger charge is -2.07. The second-order valence-electron chi connectivity index (χ2n) is 4.32. The van der Waals surface area contributed by atoms with Crippen LogP contribution in [0.15, 0.2) is 22.7 Å². The van der Waals surface area contributed by atoms with Crippen LogP contribution in [0, 0.1) is 19.7 Å². The molecule has 106 valence electrons. The molecular formula is C13H12BrClFN3O. The SMILES string of the molecule is Cc1nn(CC(=O)Nc2ccc(F)c(Cl)c2)c(C)c1Br. The first-order chi connectivity index (χ1) is 9.38. The highest BCUT2D eigenvalue weighted by molar-refractivity contribution is 9.10. The van der Waals surface area contributed by atoms with Crippen molar-refractivity contribution in [3.05, 3.63) is 44.9 Å². The van der Waals surface area contributed by atoms with E-state index in [4.69, 9.17) is 11.6 Å². The van der Waals surface area contributed by atoms with Crippen LogP contribution in [0.5, 0.6) is 0 Å². The number of rotatable bonds is 3. The number of nitrogens with one attached hydrogen (secondary N) is 1. The predicted molar refractivity (Wildman–Crippen MR) is 79.4 cm³/mol. The molecule has 1 N–H and O–H groups in total. The van der Waals surface area contributed by atoms with Crippen molar-refractivity contribution in [3.8, 4) is 0 Å². The molecule has 2 aromatic rings. The van der Waals surface area contributed by atoms with E-state index < -0.39 is 5.82 Å². The molecule has 1 aromatic heterocycles. The number of anilines is 1. The highest BCUT2D eigenvalue weighted by Gasteiger charge is 2.12. The van der Waals surface area contributed by atoms with Crippen LogP contribution >= 0.6 is 27.5 Å². The van der Waals surface area contributed by atoms with Crippen molar-refractivity contribution >= 4 is 39.1 Å². The Kier molecular flexibility index (Phi) is 4.45. The first-order valence-corrected chi connectivity index (χ1v) is 7.00. The molecular weight excluding hydrogens is 349 g/mol. The third kappa shape index (κ3) is 3.19. The summed E-state index contributed by atoms with van der Waals surface area (Å²) >= 11 is 9.06. The van der Waals surface area contributed by atoms with Gasteiger partial charge in [-0.1, -0.05) is 11.6 Å². The van der Waals surface area contributed by atoms with Crippen molar-refractivity contribution in [2.45, 2.75) is 20.4 Å². The minimum atomic E-state index is -0.521. The summed E-state index contributed by atoms with van der Waals surface area (Å²) in [5, 5.41) is 6.86. The lowest BCUT2D eigenvalue weighted by molar-refractivity contribution is -0.116.